The lowest BCUT2D eigenvalue weighted by molar-refractivity contribution is 0.372. The maximum Gasteiger partial charge on any atom is 0.205 e. The highest BCUT2D eigenvalue weighted by Crippen LogP contribution is 2.24. The van der Waals surface area contributed by atoms with E-state index in [-0.39, 0.29) is 24.0 Å². The maximum atomic E-state index is 5.48. The van der Waals surface area contributed by atoms with Crippen LogP contribution in [0.15, 0.2) is 23.2 Å². The summed E-state index contributed by atoms with van der Waals surface area (Å²) in [6, 6.07) is 5.88. The molecule has 0 unspecified atom stereocenters. The number of hydrogen-bond acceptors (Lipinski definition) is 7. The number of piperazine rings is 1. The minimum Gasteiger partial charge on any atom is -0.497 e. The van der Waals surface area contributed by atoms with Gasteiger partial charge in [-0.1, -0.05) is 6.92 Å². The van der Waals surface area contributed by atoms with Crippen LogP contribution in [-0.4, -0.2) is 73.7 Å². The van der Waals surface area contributed by atoms with Crippen molar-refractivity contribution in [1.82, 2.24) is 19.6 Å². The Balaban J connectivity index is 0.00000341. The Kier molecular flexibility index (Phi) is 10.6. The van der Waals surface area contributed by atoms with Gasteiger partial charge in [0, 0.05) is 57.2 Å². The number of nitrogens with one attached hydrogen (secondary N) is 1. The van der Waals surface area contributed by atoms with Crippen LogP contribution >= 0.6 is 35.5 Å². The van der Waals surface area contributed by atoms with Crippen LogP contribution in [0, 0.1) is 0 Å². The normalized spacial score (nSPS) is 14.3. The number of rotatable bonds is 8. The average molecular weight is 561 g/mol. The van der Waals surface area contributed by atoms with Gasteiger partial charge in [0.1, 0.15) is 17.3 Å². The van der Waals surface area contributed by atoms with Gasteiger partial charge in [-0.2, -0.15) is 4.37 Å². The molecule has 0 aliphatic carbocycles. The van der Waals surface area contributed by atoms with Gasteiger partial charge in [0.15, 0.2) is 5.96 Å². The Hall–Kier alpha value is -1.82. The summed E-state index contributed by atoms with van der Waals surface area (Å²) in [5.74, 6) is 3.60. The zero-order valence-corrected chi connectivity index (χ0v) is 21.9. The van der Waals surface area contributed by atoms with Crippen LogP contribution in [0.2, 0.25) is 0 Å². The Bertz CT molecular complexity index is 839. The lowest BCUT2D eigenvalue weighted by atomic mass is 10.1. The van der Waals surface area contributed by atoms with Gasteiger partial charge in [-0.3, -0.25) is 4.99 Å². The van der Waals surface area contributed by atoms with E-state index in [0.29, 0.717) is 6.54 Å². The molecular formula is C21H33IN6O2S. The monoisotopic (exact) mass is 560 g/mol. The molecule has 31 heavy (non-hydrogen) atoms. The molecule has 0 atom stereocenters. The van der Waals surface area contributed by atoms with E-state index in [1.165, 1.54) is 11.5 Å². The molecule has 0 saturated carbocycles. The Morgan fingerprint density at radius 1 is 1.16 bits per heavy atom. The third-order valence-electron chi connectivity index (χ3n) is 5.09. The highest BCUT2D eigenvalue weighted by atomic mass is 127. The zero-order chi connectivity index (χ0) is 21.3. The van der Waals surface area contributed by atoms with Crippen molar-refractivity contribution in [3.8, 4) is 11.5 Å². The molecule has 172 valence electrons. The van der Waals surface area contributed by atoms with E-state index in [9.17, 15) is 0 Å². The van der Waals surface area contributed by atoms with Crippen molar-refractivity contribution in [3.05, 3.63) is 29.6 Å². The van der Waals surface area contributed by atoms with Gasteiger partial charge in [0.05, 0.1) is 14.2 Å². The van der Waals surface area contributed by atoms with Gasteiger partial charge in [-0.25, -0.2) is 4.98 Å². The first-order valence-electron chi connectivity index (χ1n) is 10.5. The number of methoxy groups -OCH3 is 2. The quantitative estimate of drug-likeness (QED) is 0.302. The van der Waals surface area contributed by atoms with E-state index in [4.69, 9.17) is 14.5 Å². The number of ether oxygens (including phenoxy) is 2. The number of anilines is 1. The molecule has 1 fully saturated rings. The zero-order valence-electron chi connectivity index (χ0n) is 18.8. The van der Waals surface area contributed by atoms with Crippen LogP contribution in [-0.2, 0) is 12.8 Å². The van der Waals surface area contributed by atoms with E-state index in [0.717, 1.165) is 79.5 Å². The molecule has 0 amide bonds. The van der Waals surface area contributed by atoms with Crippen molar-refractivity contribution in [2.45, 2.75) is 26.7 Å². The van der Waals surface area contributed by atoms with Crippen LogP contribution in [0.5, 0.6) is 11.5 Å². The van der Waals surface area contributed by atoms with Crippen LogP contribution in [0.1, 0.15) is 25.2 Å². The number of hydrogen-bond donors (Lipinski definition) is 1. The Morgan fingerprint density at radius 2 is 1.94 bits per heavy atom. The smallest absolute Gasteiger partial charge is 0.205 e. The first-order valence-corrected chi connectivity index (χ1v) is 11.3. The SMILES string of the molecule is CCNC(=NCCc1cc(OC)ccc1OC)N1CCN(c2nc(CC)ns2)CC1.I. The summed E-state index contributed by atoms with van der Waals surface area (Å²) >= 11 is 1.50. The van der Waals surface area contributed by atoms with Gasteiger partial charge in [-0.05, 0) is 37.1 Å². The summed E-state index contributed by atoms with van der Waals surface area (Å²) in [5.41, 5.74) is 1.10. The van der Waals surface area contributed by atoms with Gasteiger partial charge < -0.3 is 24.6 Å². The van der Waals surface area contributed by atoms with E-state index < -0.39 is 0 Å². The molecule has 1 aromatic carbocycles. The van der Waals surface area contributed by atoms with Crippen molar-refractivity contribution in [1.29, 1.82) is 0 Å². The molecule has 2 heterocycles. The van der Waals surface area contributed by atoms with Gasteiger partial charge in [0.25, 0.3) is 0 Å². The maximum absolute atomic E-state index is 5.48. The molecule has 0 spiro atoms. The van der Waals surface area contributed by atoms with Gasteiger partial charge >= 0.3 is 0 Å². The molecule has 1 aliphatic heterocycles. The van der Waals surface area contributed by atoms with E-state index in [1.54, 1.807) is 14.2 Å². The second kappa shape index (κ2) is 12.9. The molecule has 2 aromatic rings. The van der Waals surface area contributed by atoms with Crippen LogP contribution in [0.4, 0.5) is 5.13 Å². The Labute approximate surface area is 206 Å². The molecule has 1 aliphatic rings. The fraction of sp³-hybridized carbons (Fsp3) is 0.571. The largest absolute Gasteiger partial charge is 0.497 e. The predicted molar refractivity (Wildman–Crippen MR) is 138 cm³/mol. The summed E-state index contributed by atoms with van der Waals surface area (Å²) in [6.07, 6.45) is 1.67. The molecule has 1 saturated heterocycles. The summed E-state index contributed by atoms with van der Waals surface area (Å²) in [5, 5.41) is 4.46. The van der Waals surface area contributed by atoms with Crippen LogP contribution < -0.4 is 19.7 Å². The van der Waals surface area contributed by atoms with E-state index in [2.05, 4.69) is 38.3 Å². The van der Waals surface area contributed by atoms with Gasteiger partial charge in [0.2, 0.25) is 5.13 Å². The van der Waals surface area contributed by atoms with Crippen molar-refractivity contribution >= 4 is 46.6 Å². The molecule has 0 bridgehead atoms. The molecule has 10 heteroatoms. The van der Waals surface area contributed by atoms with Crippen molar-refractivity contribution < 1.29 is 9.47 Å². The second-order valence-corrected chi connectivity index (χ2v) is 7.71. The lowest BCUT2D eigenvalue weighted by Gasteiger charge is -2.36. The number of aromatic nitrogens is 2. The lowest BCUT2D eigenvalue weighted by Crippen LogP contribution is -2.52. The fourth-order valence-electron chi connectivity index (χ4n) is 3.41. The highest BCUT2D eigenvalue weighted by molar-refractivity contribution is 14.0. The summed E-state index contributed by atoms with van der Waals surface area (Å²) < 4.78 is 15.2. The minimum absolute atomic E-state index is 0. The van der Waals surface area contributed by atoms with E-state index >= 15 is 0 Å². The number of benzene rings is 1. The summed E-state index contributed by atoms with van der Waals surface area (Å²) in [6.45, 7) is 9.39. The topological polar surface area (TPSA) is 75.1 Å². The third kappa shape index (κ3) is 6.83. The number of guanidine groups is 1. The number of aryl methyl sites for hydroxylation is 1. The molecule has 1 N–H and O–H groups in total. The predicted octanol–water partition coefficient (Wildman–Crippen LogP) is 3.07. The third-order valence-corrected chi connectivity index (χ3v) is 5.90. The van der Waals surface area contributed by atoms with E-state index in [1.807, 2.05) is 18.2 Å². The molecule has 0 radical (unpaired) electrons. The van der Waals surface area contributed by atoms with Crippen LogP contribution in [0.25, 0.3) is 0 Å². The summed E-state index contributed by atoms with van der Waals surface area (Å²) in [4.78, 5) is 14.1. The molecule has 8 nitrogen and oxygen atoms in total. The minimum atomic E-state index is 0. The average Bonchev–Trinajstić information content (AvgIpc) is 3.28. The fourth-order valence-corrected chi connectivity index (χ4v) is 4.21. The number of aliphatic imine (C=N–C) groups is 1. The van der Waals surface area contributed by atoms with Crippen molar-refractivity contribution in [3.63, 3.8) is 0 Å². The number of halogens is 1. The second-order valence-electron chi connectivity index (χ2n) is 6.98. The Morgan fingerprint density at radius 3 is 2.55 bits per heavy atom. The standard InChI is InChI=1S/C21H32N6O2S.HI/c1-5-19-24-21(30-25-19)27-13-11-26(12-14-27)20(22-6-2)23-10-9-16-15-17(28-3)7-8-18(16)29-4;/h7-8,15H,5-6,9-14H2,1-4H3,(H,22,23);1H. The van der Waals surface area contributed by atoms with Gasteiger partial charge in [-0.15, -0.1) is 24.0 Å². The van der Waals surface area contributed by atoms with Crippen LogP contribution in [0.3, 0.4) is 0 Å². The first kappa shape index (κ1) is 25.4. The molecular weight excluding hydrogens is 527 g/mol. The first-order chi connectivity index (χ1) is 14.7. The number of nitrogens with zero attached hydrogens (tertiary/aromatic N) is 5. The highest BCUT2D eigenvalue weighted by Gasteiger charge is 2.22. The van der Waals surface area contributed by atoms with Crippen molar-refractivity contribution in [2.75, 3.05) is 58.4 Å². The molecule has 3 rings (SSSR count). The molecule has 1 aromatic heterocycles. The summed E-state index contributed by atoms with van der Waals surface area (Å²) in [7, 11) is 3.37. The van der Waals surface area contributed by atoms with Crippen molar-refractivity contribution in [2.24, 2.45) is 4.99 Å².